The predicted octanol–water partition coefficient (Wildman–Crippen LogP) is 6.47. The summed E-state index contributed by atoms with van der Waals surface area (Å²) in [5.41, 5.74) is 4.59. The number of aromatic amines is 1. The third-order valence-corrected chi connectivity index (χ3v) is 6.91. The zero-order chi connectivity index (χ0) is 26.3. The molecule has 1 heterocycles. The van der Waals surface area contributed by atoms with E-state index < -0.39 is 5.92 Å². The molecule has 1 atom stereocenters. The quantitative estimate of drug-likeness (QED) is 0.264. The SMILES string of the molecule is C\C=C(CN(C)C)/C(=C\C=C(C)C)C(/C=C(\C(C)C=O)N(c1s[nH]c(=O)c1C)C1CC1)=C(\F)CC. The number of halogens is 1. The van der Waals surface area contributed by atoms with Gasteiger partial charge in [-0.05, 0) is 89.8 Å². The summed E-state index contributed by atoms with van der Waals surface area (Å²) in [6, 6.07) is 0.188. The van der Waals surface area contributed by atoms with E-state index in [1.54, 1.807) is 13.8 Å². The van der Waals surface area contributed by atoms with Crippen LogP contribution in [0.3, 0.4) is 0 Å². The number of carbonyl (C=O) groups is 1. The molecule has 0 bridgehead atoms. The average Bonchev–Trinajstić information content (AvgIpc) is 3.61. The van der Waals surface area contributed by atoms with Gasteiger partial charge in [0.15, 0.2) is 0 Å². The molecule has 0 amide bonds. The molecule has 1 N–H and O–H groups in total. The van der Waals surface area contributed by atoms with E-state index >= 15 is 4.39 Å². The van der Waals surface area contributed by atoms with E-state index in [2.05, 4.69) is 14.2 Å². The fourth-order valence-electron chi connectivity index (χ4n) is 3.82. The molecule has 1 aromatic rings. The Balaban J connectivity index is 2.84. The van der Waals surface area contributed by atoms with Gasteiger partial charge in [-0.15, -0.1) is 0 Å². The number of nitrogens with one attached hydrogen (secondary N) is 1. The summed E-state index contributed by atoms with van der Waals surface area (Å²) in [7, 11) is 3.98. The smallest absolute Gasteiger partial charge is 0.263 e. The highest BCUT2D eigenvalue weighted by molar-refractivity contribution is 7.10. The van der Waals surface area contributed by atoms with Gasteiger partial charge in [-0.3, -0.25) is 9.17 Å². The molecule has 1 aromatic heterocycles. The van der Waals surface area contributed by atoms with Crippen LogP contribution >= 0.6 is 11.5 Å². The molecule has 1 aliphatic rings. The number of H-pyrrole nitrogens is 1. The number of carbonyl (C=O) groups excluding carboxylic acids is 1. The lowest BCUT2D eigenvalue weighted by atomic mass is 9.92. The molecule has 0 aliphatic heterocycles. The minimum absolute atomic E-state index is 0.129. The molecule has 1 fully saturated rings. The first kappa shape index (κ1) is 28.7. The van der Waals surface area contributed by atoms with Crippen molar-refractivity contribution in [2.24, 2.45) is 5.92 Å². The molecule has 0 saturated heterocycles. The van der Waals surface area contributed by atoms with Crippen molar-refractivity contribution in [2.45, 2.75) is 66.8 Å². The van der Waals surface area contributed by atoms with Gasteiger partial charge in [-0.1, -0.05) is 37.6 Å². The van der Waals surface area contributed by atoms with Crippen molar-refractivity contribution in [1.29, 1.82) is 0 Å². The minimum Gasteiger partial charge on any atom is -0.332 e. The van der Waals surface area contributed by atoms with Crippen molar-refractivity contribution in [2.75, 3.05) is 25.5 Å². The largest absolute Gasteiger partial charge is 0.332 e. The van der Waals surface area contributed by atoms with Gasteiger partial charge in [0.2, 0.25) is 0 Å². The molecule has 35 heavy (non-hydrogen) atoms. The highest BCUT2D eigenvalue weighted by Crippen LogP contribution is 2.41. The van der Waals surface area contributed by atoms with E-state index in [1.165, 1.54) is 11.5 Å². The molecule has 2 rings (SSSR count). The van der Waals surface area contributed by atoms with E-state index in [1.807, 2.05) is 66.1 Å². The van der Waals surface area contributed by atoms with Gasteiger partial charge in [-0.25, -0.2) is 4.39 Å². The first-order valence-electron chi connectivity index (χ1n) is 12.2. The second-order valence-corrected chi connectivity index (χ2v) is 10.4. The summed E-state index contributed by atoms with van der Waals surface area (Å²) in [5.74, 6) is -0.707. The van der Waals surface area contributed by atoms with Crippen molar-refractivity contribution < 1.29 is 9.18 Å². The summed E-state index contributed by atoms with van der Waals surface area (Å²) >= 11 is 1.27. The van der Waals surface area contributed by atoms with Crippen LogP contribution in [0.5, 0.6) is 0 Å². The monoisotopic (exact) mass is 501 g/mol. The third-order valence-electron chi connectivity index (χ3n) is 5.93. The van der Waals surface area contributed by atoms with Crippen LogP contribution in [0.2, 0.25) is 0 Å². The Morgan fingerprint density at radius 3 is 2.34 bits per heavy atom. The van der Waals surface area contributed by atoms with E-state index in [-0.39, 0.29) is 23.8 Å². The third kappa shape index (κ3) is 7.48. The van der Waals surface area contributed by atoms with Crippen molar-refractivity contribution in [3.8, 4) is 0 Å². The maximum Gasteiger partial charge on any atom is 0.263 e. The van der Waals surface area contributed by atoms with Crippen LogP contribution in [0, 0.1) is 12.8 Å². The van der Waals surface area contributed by atoms with Crippen LogP contribution in [0.15, 0.2) is 62.9 Å². The molecule has 0 spiro atoms. The van der Waals surface area contributed by atoms with Crippen LogP contribution in [-0.4, -0.2) is 42.2 Å². The Bertz CT molecular complexity index is 1110. The van der Waals surface area contributed by atoms with Gasteiger partial charge in [0.25, 0.3) is 5.56 Å². The Morgan fingerprint density at radius 2 is 1.91 bits per heavy atom. The average molecular weight is 502 g/mol. The number of aldehydes is 1. The molecular formula is C28H40FN3O2S. The summed E-state index contributed by atoms with van der Waals surface area (Å²) < 4.78 is 18.5. The van der Waals surface area contributed by atoms with Crippen LogP contribution in [0.4, 0.5) is 9.39 Å². The topological polar surface area (TPSA) is 56.4 Å². The Kier molecular flexibility index (Phi) is 10.7. The summed E-state index contributed by atoms with van der Waals surface area (Å²) in [6.45, 7) is 12.1. The number of likely N-dealkylation sites (N-methyl/N-ethyl adjacent to an activating group) is 1. The fourth-order valence-corrected chi connectivity index (χ4v) is 4.77. The van der Waals surface area contributed by atoms with Gasteiger partial charge >= 0.3 is 0 Å². The maximum atomic E-state index is 15.7. The molecule has 0 aromatic carbocycles. The second kappa shape index (κ2) is 13.0. The lowest BCUT2D eigenvalue weighted by Gasteiger charge is -2.29. The molecule has 1 saturated carbocycles. The zero-order valence-corrected chi connectivity index (χ0v) is 23.2. The molecule has 5 nitrogen and oxygen atoms in total. The summed E-state index contributed by atoms with van der Waals surface area (Å²) in [5, 5.41) is 0.795. The molecule has 1 aliphatic carbocycles. The normalized spacial score (nSPS) is 16.8. The number of hydrogen-bond donors (Lipinski definition) is 1. The summed E-state index contributed by atoms with van der Waals surface area (Å²) in [4.78, 5) is 28.5. The number of nitrogens with zero attached hydrogens (tertiary/aromatic N) is 2. The fraction of sp³-hybridized carbons (Fsp3) is 0.500. The Morgan fingerprint density at radius 1 is 1.26 bits per heavy atom. The number of rotatable bonds is 12. The standard InChI is InChI=1S/C28H40FN3O2S/c1-9-21(16-31(7)8)23(14-11-18(3)4)24(25(29)10-2)15-26(19(5)17-33)32(22-12-13-22)28-20(6)27(34)30-35-28/h9,11,14-15,17,19,22H,10,12-13,16H2,1-8H3,(H,30,34)/b21-9-,23-14+,25-24-,26-15+. The second-order valence-electron chi connectivity index (χ2n) is 9.61. The van der Waals surface area contributed by atoms with Crippen molar-refractivity contribution >= 4 is 22.8 Å². The Hall–Kier alpha value is -2.51. The minimum atomic E-state index is -0.473. The first-order chi connectivity index (χ1) is 16.5. The van der Waals surface area contributed by atoms with Gasteiger partial charge in [0.05, 0.1) is 11.5 Å². The highest BCUT2D eigenvalue weighted by atomic mass is 32.1. The van der Waals surface area contributed by atoms with E-state index in [9.17, 15) is 9.59 Å². The van der Waals surface area contributed by atoms with E-state index in [4.69, 9.17) is 0 Å². The first-order valence-corrected chi connectivity index (χ1v) is 13.1. The van der Waals surface area contributed by atoms with Crippen LogP contribution in [-0.2, 0) is 4.79 Å². The van der Waals surface area contributed by atoms with E-state index in [0.717, 1.165) is 40.8 Å². The number of hydrogen-bond acceptors (Lipinski definition) is 5. The summed E-state index contributed by atoms with van der Waals surface area (Å²) in [6.07, 6.45) is 10.9. The van der Waals surface area contributed by atoms with Crippen LogP contribution in [0.25, 0.3) is 0 Å². The van der Waals surface area contributed by atoms with Gasteiger partial charge < -0.3 is 14.6 Å². The highest BCUT2D eigenvalue weighted by Gasteiger charge is 2.36. The van der Waals surface area contributed by atoms with Crippen molar-refractivity contribution in [1.82, 2.24) is 9.27 Å². The predicted molar refractivity (Wildman–Crippen MR) is 147 cm³/mol. The zero-order valence-electron chi connectivity index (χ0n) is 22.4. The maximum absolute atomic E-state index is 15.7. The van der Waals surface area contributed by atoms with Gasteiger partial charge in [0, 0.05) is 23.9 Å². The van der Waals surface area contributed by atoms with Gasteiger partial charge in [-0.2, -0.15) is 0 Å². The lowest BCUT2D eigenvalue weighted by Crippen LogP contribution is -2.30. The van der Waals surface area contributed by atoms with Crippen molar-refractivity contribution in [3.63, 3.8) is 0 Å². The molecule has 0 radical (unpaired) electrons. The molecule has 7 heteroatoms. The van der Waals surface area contributed by atoms with E-state index in [0.29, 0.717) is 23.4 Å². The molecule has 192 valence electrons. The van der Waals surface area contributed by atoms with Crippen molar-refractivity contribution in [3.05, 3.63) is 74.0 Å². The molecular weight excluding hydrogens is 461 g/mol. The molecule has 1 unspecified atom stereocenters. The van der Waals surface area contributed by atoms with Crippen LogP contribution < -0.4 is 10.5 Å². The Labute approximate surface area is 213 Å². The van der Waals surface area contributed by atoms with Gasteiger partial charge in [0.1, 0.15) is 17.1 Å². The van der Waals surface area contributed by atoms with Crippen LogP contribution in [0.1, 0.15) is 59.4 Å². The lowest BCUT2D eigenvalue weighted by molar-refractivity contribution is -0.109. The number of anilines is 1. The number of aromatic nitrogens is 1. The number of allylic oxidation sites excluding steroid dienone is 8.